The Kier molecular flexibility index (Phi) is 5.24. The van der Waals surface area contributed by atoms with Crippen LogP contribution in [-0.2, 0) is 4.79 Å². The zero-order valence-electron chi connectivity index (χ0n) is 13.6. The van der Waals surface area contributed by atoms with Gasteiger partial charge in [-0.2, -0.15) is 0 Å². The first-order valence-electron chi connectivity index (χ1n) is 7.87. The molecule has 0 unspecified atom stereocenters. The smallest absolute Gasteiger partial charge is 0.248 e. The van der Waals surface area contributed by atoms with Gasteiger partial charge < -0.3 is 14.8 Å². The minimum atomic E-state index is -0.335. The van der Waals surface area contributed by atoms with Crippen molar-refractivity contribution in [2.75, 3.05) is 18.5 Å². The van der Waals surface area contributed by atoms with Crippen molar-refractivity contribution in [2.45, 2.75) is 13.3 Å². The lowest BCUT2D eigenvalue weighted by molar-refractivity contribution is -0.111. The minimum Gasteiger partial charge on any atom is -0.490 e. The minimum absolute atomic E-state index is 0.319. The molecule has 2 aromatic carbocycles. The molecule has 1 heterocycles. The van der Waals surface area contributed by atoms with E-state index in [4.69, 9.17) is 21.1 Å². The number of nitrogens with one attached hydrogen (secondary N) is 1. The van der Waals surface area contributed by atoms with E-state index in [0.717, 1.165) is 12.0 Å². The Hall–Kier alpha value is -2.53. The quantitative estimate of drug-likeness (QED) is 0.807. The monoisotopic (exact) mass is 361 g/mol. The van der Waals surface area contributed by atoms with Crippen LogP contribution in [0.1, 0.15) is 18.9 Å². The molecular weight excluding hydrogens is 345 g/mol. The van der Waals surface area contributed by atoms with E-state index in [1.54, 1.807) is 31.2 Å². The van der Waals surface area contributed by atoms with E-state index in [2.05, 4.69) is 5.32 Å². The van der Waals surface area contributed by atoms with E-state index in [9.17, 15) is 9.18 Å². The van der Waals surface area contributed by atoms with E-state index in [-0.39, 0.29) is 11.7 Å². The Morgan fingerprint density at radius 2 is 1.80 bits per heavy atom. The van der Waals surface area contributed by atoms with E-state index >= 15 is 0 Å². The summed E-state index contributed by atoms with van der Waals surface area (Å²) < 4.78 is 24.1. The fourth-order valence-corrected chi connectivity index (χ4v) is 2.64. The first kappa shape index (κ1) is 17.3. The van der Waals surface area contributed by atoms with E-state index in [1.807, 2.05) is 0 Å². The highest BCUT2D eigenvalue weighted by atomic mass is 35.5. The summed E-state index contributed by atoms with van der Waals surface area (Å²) in [4.78, 5) is 12.3. The molecule has 0 saturated heterocycles. The lowest BCUT2D eigenvalue weighted by Gasteiger charge is -2.12. The number of allylic oxidation sites excluding steroid dienone is 1. The van der Waals surface area contributed by atoms with E-state index < -0.39 is 0 Å². The lowest BCUT2D eigenvalue weighted by Crippen LogP contribution is -2.09. The van der Waals surface area contributed by atoms with Crippen molar-refractivity contribution in [1.82, 2.24) is 0 Å². The van der Waals surface area contributed by atoms with Crippen molar-refractivity contribution in [2.24, 2.45) is 0 Å². The molecule has 0 aromatic heterocycles. The normalized spacial score (nSPS) is 14.0. The summed E-state index contributed by atoms with van der Waals surface area (Å²) in [6.45, 7) is 2.89. The SMILES string of the molecule is C/C(=C\C(=O)Nc1cc2c(cc1Cl)OCCCO2)c1ccc(F)cc1. The number of rotatable bonds is 3. The van der Waals surface area contributed by atoms with Gasteiger partial charge in [-0.05, 0) is 30.2 Å². The largest absolute Gasteiger partial charge is 0.490 e. The Balaban J connectivity index is 1.77. The van der Waals surface area contributed by atoms with Gasteiger partial charge in [0.15, 0.2) is 11.5 Å². The van der Waals surface area contributed by atoms with Crippen molar-refractivity contribution >= 4 is 28.8 Å². The van der Waals surface area contributed by atoms with Crippen molar-refractivity contribution in [3.05, 3.63) is 58.9 Å². The Bertz CT molecular complexity index is 818. The summed E-state index contributed by atoms with van der Waals surface area (Å²) in [5, 5.41) is 3.10. The topological polar surface area (TPSA) is 47.6 Å². The van der Waals surface area contributed by atoms with Gasteiger partial charge in [-0.25, -0.2) is 4.39 Å². The van der Waals surface area contributed by atoms with Crippen molar-refractivity contribution < 1.29 is 18.7 Å². The van der Waals surface area contributed by atoms with Gasteiger partial charge in [0.1, 0.15) is 5.82 Å². The fraction of sp³-hybridized carbons (Fsp3) is 0.211. The highest BCUT2D eigenvalue weighted by Gasteiger charge is 2.15. The van der Waals surface area contributed by atoms with Gasteiger partial charge in [0.25, 0.3) is 0 Å². The maximum Gasteiger partial charge on any atom is 0.248 e. The zero-order chi connectivity index (χ0) is 17.8. The number of ether oxygens (including phenoxy) is 2. The molecule has 6 heteroatoms. The molecule has 25 heavy (non-hydrogen) atoms. The van der Waals surface area contributed by atoms with Crippen LogP contribution in [-0.4, -0.2) is 19.1 Å². The molecule has 3 rings (SSSR count). The molecule has 0 aliphatic carbocycles. The summed E-state index contributed by atoms with van der Waals surface area (Å²) in [5.41, 5.74) is 1.92. The molecule has 0 fully saturated rings. The van der Waals surface area contributed by atoms with Crippen LogP contribution >= 0.6 is 11.6 Å². The third-order valence-corrected chi connectivity index (χ3v) is 4.05. The fourth-order valence-electron chi connectivity index (χ4n) is 2.44. The summed E-state index contributed by atoms with van der Waals surface area (Å²) in [5.74, 6) is 0.466. The molecule has 2 aromatic rings. The summed E-state index contributed by atoms with van der Waals surface area (Å²) in [6, 6.07) is 9.23. The third kappa shape index (κ3) is 4.31. The van der Waals surface area contributed by atoms with Gasteiger partial charge in [0.05, 0.1) is 23.9 Å². The van der Waals surface area contributed by atoms with Gasteiger partial charge >= 0.3 is 0 Å². The standard InChI is InChI=1S/C19H17ClFNO3/c1-12(13-3-5-14(21)6-4-13)9-19(23)22-16-11-18-17(10-15(16)20)24-7-2-8-25-18/h3-6,9-11H,2,7-8H2,1H3,(H,22,23)/b12-9+. The third-order valence-electron chi connectivity index (χ3n) is 3.74. The lowest BCUT2D eigenvalue weighted by atomic mass is 10.1. The molecule has 0 atom stereocenters. The van der Waals surface area contributed by atoms with Gasteiger partial charge in [-0.15, -0.1) is 0 Å². The first-order chi connectivity index (χ1) is 12.0. The molecule has 1 N–H and O–H groups in total. The number of carbonyl (C=O) groups excluding carboxylic acids is 1. The predicted molar refractivity (Wildman–Crippen MR) is 95.7 cm³/mol. The average molecular weight is 362 g/mol. The summed E-state index contributed by atoms with van der Waals surface area (Å²) >= 11 is 6.22. The molecule has 1 aliphatic rings. The van der Waals surface area contributed by atoms with Crippen LogP contribution in [0.15, 0.2) is 42.5 Å². The molecular formula is C19H17ClFNO3. The van der Waals surface area contributed by atoms with Crippen LogP contribution in [0, 0.1) is 5.82 Å². The number of amides is 1. The Morgan fingerprint density at radius 3 is 2.48 bits per heavy atom. The molecule has 4 nitrogen and oxygen atoms in total. The van der Waals surface area contributed by atoms with Gasteiger partial charge in [-0.3, -0.25) is 4.79 Å². The highest BCUT2D eigenvalue weighted by molar-refractivity contribution is 6.34. The average Bonchev–Trinajstić information content (AvgIpc) is 2.80. The second-order valence-electron chi connectivity index (χ2n) is 5.65. The number of anilines is 1. The Morgan fingerprint density at radius 1 is 1.16 bits per heavy atom. The van der Waals surface area contributed by atoms with Gasteiger partial charge in [-0.1, -0.05) is 23.7 Å². The van der Waals surface area contributed by atoms with Gasteiger partial charge in [0, 0.05) is 24.6 Å². The molecule has 1 amide bonds. The van der Waals surface area contributed by atoms with Crippen LogP contribution in [0.2, 0.25) is 5.02 Å². The number of halogens is 2. The number of carbonyl (C=O) groups is 1. The number of hydrogen-bond acceptors (Lipinski definition) is 3. The van der Waals surface area contributed by atoms with Gasteiger partial charge in [0.2, 0.25) is 5.91 Å². The van der Waals surface area contributed by atoms with Crippen LogP contribution in [0.4, 0.5) is 10.1 Å². The number of hydrogen-bond donors (Lipinski definition) is 1. The number of benzene rings is 2. The zero-order valence-corrected chi connectivity index (χ0v) is 14.4. The highest BCUT2D eigenvalue weighted by Crippen LogP contribution is 2.37. The molecule has 0 saturated carbocycles. The Labute approximate surface area is 150 Å². The second kappa shape index (κ2) is 7.57. The molecule has 0 bridgehead atoms. The summed E-state index contributed by atoms with van der Waals surface area (Å²) in [6.07, 6.45) is 2.22. The summed E-state index contributed by atoms with van der Waals surface area (Å²) in [7, 11) is 0. The molecule has 0 radical (unpaired) electrons. The van der Waals surface area contributed by atoms with Crippen molar-refractivity contribution in [3.8, 4) is 11.5 Å². The molecule has 0 spiro atoms. The molecule has 130 valence electrons. The van der Waals surface area contributed by atoms with Crippen LogP contribution < -0.4 is 14.8 Å². The van der Waals surface area contributed by atoms with Crippen molar-refractivity contribution in [1.29, 1.82) is 0 Å². The maximum atomic E-state index is 13.0. The first-order valence-corrected chi connectivity index (χ1v) is 8.25. The maximum absolute atomic E-state index is 13.0. The van der Waals surface area contributed by atoms with Crippen LogP contribution in [0.3, 0.4) is 0 Å². The van der Waals surface area contributed by atoms with Crippen LogP contribution in [0.5, 0.6) is 11.5 Å². The van der Waals surface area contributed by atoms with Crippen LogP contribution in [0.25, 0.3) is 5.57 Å². The number of fused-ring (bicyclic) bond motifs is 1. The van der Waals surface area contributed by atoms with E-state index in [1.165, 1.54) is 18.2 Å². The van der Waals surface area contributed by atoms with Crippen molar-refractivity contribution in [3.63, 3.8) is 0 Å². The van der Waals surface area contributed by atoms with E-state index in [0.29, 0.717) is 41.0 Å². The second-order valence-corrected chi connectivity index (χ2v) is 6.06. The molecule has 1 aliphatic heterocycles. The predicted octanol–water partition coefficient (Wildman–Crippen LogP) is 4.68.